The topological polar surface area (TPSA) is 42.0 Å². The van der Waals surface area contributed by atoms with Gasteiger partial charge in [-0.1, -0.05) is 0 Å². The van der Waals surface area contributed by atoms with Gasteiger partial charge in [-0.25, -0.2) is 0 Å². The van der Waals surface area contributed by atoms with Gasteiger partial charge in [0.15, 0.2) is 0 Å². The summed E-state index contributed by atoms with van der Waals surface area (Å²) in [4.78, 5) is 0. The molecule has 1 fully saturated rings. The molecule has 0 saturated carbocycles. The molecule has 148 valence electrons. The summed E-state index contributed by atoms with van der Waals surface area (Å²) in [6.07, 6.45) is 7.36. The molecule has 2 rings (SSSR count). The van der Waals surface area contributed by atoms with Gasteiger partial charge in [-0.05, 0) is 0 Å². The Morgan fingerprint density at radius 1 is 0.962 bits per heavy atom. The first-order valence-corrected chi connectivity index (χ1v) is 18.4. The van der Waals surface area contributed by atoms with E-state index in [2.05, 4.69) is 20.8 Å². The first kappa shape index (κ1) is 22.0. The Kier molecular flexibility index (Phi) is 9.79. The van der Waals surface area contributed by atoms with E-state index >= 15 is 0 Å². The number of epoxide rings is 1. The van der Waals surface area contributed by atoms with E-state index in [0.29, 0.717) is 10.7 Å². The van der Waals surface area contributed by atoms with E-state index in [1.54, 1.807) is 0 Å². The van der Waals surface area contributed by atoms with Gasteiger partial charge in [0.2, 0.25) is 0 Å². The molecule has 0 aliphatic carbocycles. The molecule has 0 aromatic heterocycles. The molecule has 0 amide bonds. The molecule has 1 aliphatic rings. The van der Waals surface area contributed by atoms with Gasteiger partial charge in [0.25, 0.3) is 0 Å². The number of hydrogen-bond donors (Lipinski definition) is 1. The van der Waals surface area contributed by atoms with Crippen molar-refractivity contribution in [3.63, 3.8) is 0 Å². The van der Waals surface area contributed by atoms with E-state index < -0.39 is 24.5 Å². The molecule has 1 saturated heterocycles. The third kappa shape index (κ3) is 6.42. The van der Waals surface area contributed by atoms with Crippen LogP contribution >= 0.6 is 0 Å². The van der Waals surface area contributed by atoms with Crippen LogP contribution in [0.15, 0.2) is 30.3 Å². The van der Waals surface area contributed by atoms with Crippen molar-refractivity contribution in [2.45, 2.75) is 88.9 Å². The molecular formula is C22H38O3Sn. The molecule has 1 aromatic carbocycles. The number of para-hydroxylation sites is 1. The number of unbranched alkanes of at least 4 members (excludes halogenated alkanes) is 3. The first-order valence-electron chi connectivity index (χ1n) is 10.7. The fourth-order valence-electron chi connectivity index (χ4n) is 4.09. The number of aliphatic hydroxyl groups is 1. The number of benzene rings is 1. The van der Waals surface area contributed by atoms with Gasteiger partial charge in [0.05, 0.1) is 0 Å². The van der Waals surface area contributed by atoms with Crippen molar-refractivity contribution >= 4 is 18.4 Å². The van der Waals surface area contributed by atoms with Crippen molar-refractivity contribution in [3.05, 3.63) is 30.3 Å². The molecular weight excluding hydrogens is 431 g/mol. The predicted octanol–water partition coefficient (Wildman–Crippen LogP) is 5.58. The van der Waals surface area contributed by atoms with Gasteiger partial charge in [0.1, 0.15) is 0 Å². The predicted molar refractivity (Wildman–Crippen MR) is 112 cm³/mol. The molecule has 0 radical (unpaired) electrons. The number of aliphatic hydroxyl groups excluding tert-OH is 1. The van der Waals surface area contributed by atoms with Gasteiger partial charge in [-0.15, -0.1) is 0 Å². The average molecular weight is 469 g/mol. The van der Waals surface area contributed by atoms with Crippen molar-refractivity contribution < 1.29 is 14.6 Å². The minimum absolute atomic E-state index is 0.0279. The molecule has 0 spiro atoms. The van der Waals surface area contributed by atoms with E-state index in [-0.39, 0.29) is 6.10 Å². The molecule has 1 heterocycles. The Labute approximate surface area is 164 Å². The minimum atomic E-state index is -2.38. The molecule has 1 aliphatic heterocycles. The number of hydrogen-bond acceptors (Lipinski definition) is 3. The van der Waals surface area contributed by atoms with Crippen LogP contribution in [0.2, 0.25) is 13.3 Å². The zero-order valence-electron chi connectivity index (χ0n) is 17.0. The zero-order chi connectivity index (χ0) is 18.8. The summed E-state index contributed by atoms with van der Waals surface area (Å²) in [5, 5.41) is 10.6. The van der Waals surface area contributed by atoms with E-state index in [1.807, 2.05) is 30.3 Å². The van der Waals surface area contributed by atoms with Gasteiger partial charge in [-0.3, -0.25) is 0 Å². The Hall–Kier alpha value is -0.261. The fourth-order valence-corrected chi connectivity index (χ4v) is 21.6. The third-order valence-electron chi connectivity index (χ3n) is 5.76. The van der Waals surface area contributed by atoms with Gasteiger partial charge in [-0.2, -0.15) is 0 Å². The molecule has 1 aromatic rings. The van der Waals surface area contributed by atoms with E-state index in [1.165, 1.54) is 51.8 Å². The molecule has 3 atom stereocenters. The molecule has 1 N–H and O–H groups in total. The number of rotatable bonds is 14. The quantitative estimate of drug-likeness (QED) is 0.286. The van der Waals surface area contributed by atoms with Crippen LogP contribution in [0.4, 0.5) is 0 Å². The summed E-state index contributed by atoms with van der Waals surface area (Å²) in [6, 6.07) is 9.76. The van der Waals surface area contributed by atoms with Gasteiger partial charge < -0.3 is 0 Å². The van der Waals surface area contributed by atoms with Crippen LogP contribution in [-0.2, 0) is 4.74 Å². The standard InChI is InChI=1S/C10H11O3.3C4H9.Sn/c11-9(10-7-13-10)6-12-8-4-2-1-3-5-8;3*1-3-4-2;/h1-5,7,9-11H,6H2;3*1,3-4H2,2H3;. The van der Waals surface area contributed by atoms with E-state index in [9.17, 15) is 5.11 Å². The van der Waals surface area contributed by atoms with Crippen molar-refractivity contribution in [1.82, 2.24) is 0 Å². The maximum atomic E-state index is 10.6. The Bertz CT molecular complexity index is 472. The van der Waals surface area contributed by atoms with Crippen LogP contribution in [0, 0.1) is 0 Å². The zero-order valence-corrected chi connectivity index (χ0v) is 19.8. The van der Waals surface area contributed by atoms with E-state index in [0.717, 1.165) is 5.75 Å². The van der Waals surface area contributed by atoms with Crippen molar-refractivity contribution in [2.75, 3.05) is 6.61 Å². The van der Waals surface area contributed by atoms with Crippen LogP contribution in [-0.4, -0.2) is 46.4 Å². The van der Waals surface area contributed by atoms with Crippen molar-refractivity contribution in [2.24, 2.45) is 0 Å². The van der Waals surface area contributed by atoms with Crippen LogP contribution in [0.1, 0.15) is 59.3 Å². The van der Waals surface area contributed by atoms with Crippen LogP contribution < -0.4 is 4.74 Å². The Balaban J connectivity index is 1.96. The van der Waals surface area contributed by atoms with Crippen molar-refractivity contribution in [3.8, 4) is 5.75 Å². The maximum absolute atomic E-state index is 10.6. The first-order chi connectivity index (χ1) is 12.7. The van der Waals surface area contributed by atoms with Gasteiger partial charge >= 0.3 is 165 Å². The SMILES string of the molecule is CCC[CH2][Sn]([CH2]CCC)([CH2]CCC)[CH]1OC1C(O)COc1ccccc1. The van der Waals surface area contributed by atoms with Crippen LogP contribution in [0.3, 0.4) is 0 Å². The monoisotopic (exact) mass is 470 g/mol. The third-order valence-corrected chi connectivity index (χ3v) is 22.1. The summed E-state index contributed by atoms with van der Waals surface area (Å²) >= 11 is -2.38. The summed E-state index contributed by atoms with van der Waals surface area (Å²) in [5.74, 6) is 0.821. The fraction of sp³-hybridized carbons (Fsp3) is 0.727. The molecule has 0 bridgehead atoms. The van der Waals surface area contributed by atoms with Crippen LogP contribution in [0.25, 0.3) is 0 Å². The summed E-state index contributed by atoms with van der Waals surface area (Å²) in [7, 11) is 0. The Morgan fingerprint density at radius 2 is 1.50 bits per heavy atom. The van der Waals surface area contributed by atoms with Crippen LogP contribution in [0.5, 0.6) is 5.75 Å². The average Bonchev–Trinajstić information content (AvgIpc) is 3.48. The number of ether oxygens (including phenoxy) is 2. The molecule has 4 heteroatoms. The second-order valence-electron chi connectivity index (χ2n) is 7.89. The Morgan fingerprint density at radius 3 is 2.00 bits per heavy atom. The second kappa shape index (κ2) is 11.6. The second-order valence-corrected chi connectivity index (χ2v) is 21.6. The van der Waals surface area contributed by atoms with E-state index in [4.69, 9.17) is 9.47 Å². The molecule has 3 unspecified atom stereocenters. The van der Waals surface area contributed by atoms with Crippen molar-refractivity contribution in [1.29, 1.82) is 0 Å². The van der Waals surface area contributed by atoms with Gasteiger partial charge in [0, 0.05) is 0 Å². The normalized spacial score (nSPS) is 20.8. The summed E-state index contributed by atoms with van der Waals surface area (Å²) in [5.41, 5.74) is 0. The summed E-state index contributed by atoms with van der Waals surface area (Å²) < 4.78 is 16.6. The summed E-state index contributed by atoms with van der Waals surface area (Å²) in [6.45, 7) is 7.22. The molecule has 3 nitrogen and oxygen atoms in total. The molecule has 26 heavy (non-hydrogen) atoms.